The van der Waals surface area contributed by atoms with Crippen LogP contribution in [0.1, 0.15) is 11.1 Å². The van der Waals surface area contributed by atoms with Crippen molar-refractivity contribution in [2.75, 3.05) is 20.3 Å². The highest BCUT2D eigenvalue weighted by Crippen LogP contribution is 2.10. The molecule has 0 N–H and O–H groups in total. The van der Waals surface area contributed by atoms with Crippen LogP contribution in [0.2, 0.25) is 0 Å². The van der Waals surface area contributed by atoms with Crippen LogP contribution in [0, 0.1) is 12.7 Å². The first-order chi connectivity index (χ1) is 6.74. The Morgan fingerprint density at radius 3 is 2.71 bits per heavy atom. The summed E-state index contributed by atoms with van der Waals surface area (Å²) < 4.78 is 23.3. The van der Waals surface area contributed by atoms with Crippen molar-refractivity contribution in [3.8, 4) is 0 Å². The molecule has 0 radical (unpaired) electrons. The van der Waals surface area contributed by atoms with Gasteiger partial charge < -0.3 is 9.47 Å². The number of hydrogen-bond acceptors (Lipinski definition) is 2. The van der Waals surface area contributed by atoms with Crippen molar-refractivity contribution in [2.24, 2.45) is 0 Å². The molecule has 1 rings (SSSR count). The zero-order valence-electron chi connectivity index (χ0n) is 8.55. The SMILES string of the molecule is COCCOCc1ccc(C)cc1F. The molecule has 0 spiro atoms. The van der Waals surface area contributed by atoms with Crippen LogP contribution in [-0.4, -0.2) is 20.3 Å². The van der Waals surface area contributed by atoms with Crippen LogP contribution in [0.3, 0.4) is 0 Å². The molecule has 1 aromatic rings. The van der Waals surface area contributed by atoms with E-state index in [1.807, 2.05) is 13.0 Å². The number of ether oxygens (including phenoxy) is 2. The van der Waals surface area contributed by atoms with Gasteiger partial charge >= 0.3 is 0 Å². The predicted octanol–water partition coefficient (Wildman–Crippen LogP) is 2.30. The maximum absolute atomic E-state index is 13.2. The molecule has 0 aromatic heterocycles. The maximum Gasteiger partial charge on any atom is 0.128 e. The van der Waals surface area contributed by atoms with Crippen molar-refractivity contribution in [2.45, 2.75) is 13.5 Å². The minimum absolute atomic E-state index is 0.206. The largest absolute Gasteiger partial charge is 0.382 e. The Balaban J connectivity index is 2.42. The van der Waals surface area contributed by atoms with Gasteiger partial charge in [0.2, 0.25) is 0 Å². The lowest BCUT2D eigenvalue weighted by Gasteiger charge is -2.05. The summed E-state index contributed by atoms with van der Waals surface area (Å²) in [6.07, 6.45) is 0. The average Bonchev–Trinajstić information content (AvgIpc) is 2.15. The standard InChI is InChI=1S/C11H15FO2/c1-9-3-4-10(11(12)7-9)8-14-6-5-13-2/h3-4,7H,5-6,8H2,1-2H3. The molecule has 0 atom stereocenters. The predicted molar refractivity (Wildman–Crippen MR) is 52.7 cm³/mol. The first kappa shape index (κ1) is 11.1. The lowest BCUT2D eigenvalue weighted by molar-refractivity contribution is 0.0604. The van der Waals surface area contributed by atoms with E-state index in [0.717, 1.165) is 5.56 Å². The molecule has 2 nitrogen and oxygen atoms in total. The molecular weight excluding hydrogens is 183 g/mol. The van der Waals surface area contributed by atoms with Crippen molar-refractivity contribution in [3.05, 3.63) is 35.1 Å². The highest BCUT2D eigenvalue weighted by Gasteiger charge is 2.01. The summed E-state index contributed by atoms with van der Waals surface area (Å²) in [5, 5.41) is 0. The molecule has 0 aliphatic heterocycles. The van der Waals surface area contributed by atoms with E-state index in [4.69, 9.17) is 9.47 Å². The molecule has 1 aromatic carbocycles. The van der Waals surface area contributed by atoms with Crippen LogP contribution in [0.25, 0.3) is 0 Å². The second kappa shape index (κ2) is 5.73. The molecule has 0 heterocycles. The average molecular weight is 198 g/mol. The van der Waals surface area contributed by atoms with E-state index in [9.17, 15) is 4.39 Å². The van der Waals surface area contributed by atoms with E-state index in [1.54, 1.807) is 13.2 Å². The smallest absolute Gasteiger partial charge is 0.128 e. The maximum atomic E-state index is 13.2. The Morgan fingerprint density at radius 2 is 2.07 bits per heavy atom. The van der Waals surface area contributed by atoms with E-state index in [2.05, 4.69) is 0 Å². The molecule has 0 bridgehead atoms. The molecule has 3 heteroatoms. The zero-order valence-corrected chi connectivity index (χ0v) is 8.55. The number of halogens is 1. The quantitative estimate of drug-likeness (QED) is 0.676. The second-order valence-electron chi connectivity index (χ2n) is 3.14. The third-order valence-electron chi connectivity index (χ3n) is 1.90. The van der Waals surface area contributed by atoms with Gasteiger partial charge in [-0.2, -0.15) is 0 Å². The Labute approximate surface area is 83.6 Å². The van der Waals surface area contributed by atoms with Gasteiger partial charge in [0, 0.05) is 12.7 Å². The molecule has 0 amide bonds. The van der Waals surface area contributed by atoms with Crippen LogP contribution in [0.4, 0.5) is 4.39 Å². The minimum atomic E-state index is -0.206. The van der Waals surface area contributed by atoms with Crippen molar-refractivity contribution in [3.63, 3.8) is 0 Å². The molecule has 0 saturated carbocycles. The summed E-state index contributed by atoms with van der Waals surface area (Å²) in [5.41, 5.74) is 1.51. The van der Waals surface area contributed by atoms with Crippen LogP contribution in [0.5, 0.6) is 0 Å². The number of benzene rings is 1. The van der Waals surface area contributed by atoms with Crippen molar-refractivity contribution in [1.82, 2.24) is 0 Å². The topological polar surface area (TPSA) is 18.5 Å². The van der Waals surface area contributed by atoms with Gasteiger partial charge in [-0.15, -0.1) is 0 Å². The zero-order chi connectivity index (χ0) is 10.4. The van der Waals surface area contributed by atoms with Crippen molar-refractivity contribution >= 4 is 0 Å². The monoisotopic (exact) mass is 198 g/mol. The minimum Gasteiger partial charge on any atom is -0.382 e. The number of hydrogen-bond donors (Lipinski definition) is 0. The fourth-order valence-corrected chi connectivity index (χ4v) is 1.09. The fourth-order valence-electron chi connectivity index (χ4n) is 1.09. The molecule has 78 valence electrons. The lowest BCUT2D eigenvalue weighted by atomic mass is 10.1. The highest BCUT2D eigenvalue weighted by atomic mass is 19.1. The van der Waals surface area contributed by atoms with Crippen molar-refractivity contribution in [1.29, 1.82) is 0 Å². The van der Waals surface area contributed by atoms with E-state index < -0.39 is 0 Å². The first-order valence-corrected chi connectivity index (χ1v) is 4.55. The van der Waals surface area contributed by atoms with Crippen molar-refractivity contribution < 1.29 is 13.9 Å². The summed E-state index contributed by atoms with van der Waals surface area (Å²) >= 11 is 0. The van der Waals surface area contributed by atoms with Crippen LogP contribution in [0.15, 0.2) is 18.2 Å². The van der Waals surface area contributed by atoms with E-state index in [-0.39, 0.29) is 5.82 Å². The van der Waals surface area contributed by atoms with Crippen LogP contribution in [-0.2, 0) is 16.1 Å². The van der Waals surface area contributed by atoms with Gasteiger partial charge in [-0.3, -0.25) is 0 Å². The van der Waals surface area contributed by atoms with Crippen LogP contribution >= 0.6 is 0 Å². The second-order valence-corrected chi connectivity index (χ2v) is 3.14. The molecule has 14 heavy (non-hydrogen) atoms. The number of rotatable bonds is 5. The van der Waals surface area contributed by atoms with Gasteiger partial charge in [-0.1, -0.05) is 12.1 Å². The van der Waals surface area contributed by atoms with E-state index in [1.165, 1.54) is 6.07 Å². The van der Waals surface area contributed by atoms with Gasteiger partial charge in [-0.05, 0) is 18.6 Å². The van der Waals surface area contributed by atoms with Gasteiger partial charge in [0.05, 0.1) is 19.8 Å². The van der Waals surface area contributed by atoms with E-state index >= 15 is 0 Å². The summed E-state index contributed by atoms with van der Waals surface area (Å²) in [5.74, 6) is -0.206. The molecular formula is C11H15FO2. The van der Waals surface area contributed by atoms with Gasteiger partial charge in [0.1, 0.15) is 5.82 Å². The Bertz CT molecular complexity index is 287. The van der Waals surface area contributed by atoms with Gasteiger partial charge in [-0.25, -0.2) is 4.39 Å². The molecule has 0 aliphatic carbocycles. The van der Waals surface area contributed by atoms with Crippen LogP contribution < -0.4 is 0 Å². The summed E-state index contributed by atoms with van der Waals surface area (Å²) in [7, 11) is 1.61. The Hall–Kier alpha value is -0.930. The lowest BCUT2D eigenvalue weighted by Crippen LogP contribution is -2.03. The van der Waals surface area contributed by atoms with E-state index in [0.29, 0.717) is 25.4 Å². The Morgan fingerprint density at radius 1 is 1.29 bits per heavy atom. The first-order valence-electron chi connectivity index (χ1n) is 4.55. The molecule has 0 aliphatic rings. The summed E-state index contributed by atoms with van der Waals surface area (Å²) in [6.45, 7) is 3.19. The number of methoxy groups -OCH3 is 1. The molecule has 0 saturated heterocycles. The third kappa shape index (κ3) is 3.44. The number of aryl methyl sites for hydroxylation is 1. The summed E-state index contributed by atoms with van der Waals surface area (Å²) in [6, 6.07) is 5.13. The normalized spacial score (nSPS) is 10.5. The summed E-state index contributed by atoms with van der Waals surface area (Å²) in [4.78, 5) is 0. The third-order valence-corrected chi connectivity index (χ3v) is 1.90. The fraction of sp³-hybridized carbons (Fsp3) is 0.455. The van der Waals surface area contributed by atoms with Gasteiger partial charge in [0.25, 0.3) is 0 Å². The van der Waals surface area contributed by atoms with Gasteiger partial charge in [0.15, 0.2) is 0 Å². The molecule has 0 fully saturated rings. The Kier molecular flexibility index (Phi) is 4.56. The highest BCUT2D eigenvalue weighted by molar-refractivity contribution is 5.22. The molecule has 0 unspecified atom stereocenters.